The van der Waals surface area contributed by atoms with Gasteiger partial charge in [0.15, 0.2) is 6.10 Å². The lowest BCUT2D eigenvalue weighted by Crippen LogP contribution is -2.55. The molecule has 12 nitrogen and oxygen atoms in total. The molecule has 244 valence electrons. The molecule has 1 aromatic heterocycles. The van der Waals surface area contributed by atoms with Crippen LogP contribution in [0.15, 0.2) is 41.2 Å². The number of anilines is 1. The van der Waals surface area contributed by atoms with Crippen molar-refractivity contribution in [1.29, 1.82) is 0 Å². The predicted molar refractivity (Wildman–Crippen MR) is 172 cm³/mol. The number of fused-ring (bicyclic) bond motifs is 3. The zero-order valence-electron chi connectivity index (χ0n) is 26.3. The minimum absolute atomic E-state index is 0.186. The third-order valence-electron chi connectivity index (χ3n) is 10.3. The fourth-order valence-corrected chi connectivity index (χ4v) is 7.84. The summed E-state index contributed by atoms with van der Waals surface area (Å²) in [4.78, 5) is 63.6. The summed E-state index contributed by atoms with van der Waals surface area (Å²) < 4.78 is 11.9. The summed E-state index contributed by atoms with van der Waals surface area (Å²) in [5, 5.41) is 2.76. The highest BCUT2D eigenvalue weighted by Crippen LogP contribution is 2.43. The molecule has 2 saturated heterocycles. The monoisotopic (exact) mass is 630 g/mol. The maximum absolute atomic E-state index is 14.1. The number of nitrogens with zero attached hydrogens (tertiary/aromatic N) is 3. The van der Waals surface area contributed by atoms with Gasteiger partial charge in [-0.05, 0) is 43.0 Å². The molecular formula is C34H42N6O6. The largest absolute Gasteiger partial charge is 0.438 e. The van der Waals surface area contributed by atoms with E-state index < -0.39 is 23.9 Å². The van der Waals surface area contributed by atoms with E-state index in [-0.39, 0.29) is 18.0 Å². The average molecular weight is 631 g/mol. The first-order valence-electron chi connectivity index (χ1n) is 16.6. The molecule has 1 spiro atoms. The number of H-pyrrole nitrogens is 2. The van der Waals surface area contributed by atoms with E-state index in [1.165, 1.54) is 32.1 Å². The number of hydrogen-bond acceptors (Lipinski definition) is 7. The average Bonchev–Trinajstić information content (AvgIpc) is 3.45. The van der Waals surface area contributed by atoms with Crippen molar-refractivity contribution in [2.75, 3.05) is 44.6 Å². The Balaban J connectivity index is 1.06. The van der Waals surface area contributed by atoms with E-state index in [1.54, 1.807) is 4.90 Å². The summed E-state index contributed by atoms with van der Waals surface area (Å²) in [6, 6.07) is 11.9. The Hall–Kier alpha value is -4.32. The van der Waals surface area contributed by atoms with E-state index >= 15 is 0 Å². The molecule has 1 unspecified atom stereocenters. The van der Waals surface area contributed by atoms with Crippen molar-refractivity contribution < 1.29 is 23.9 Å². The molecule has 46 heavy (non-hydrogen) atoms. The number of ether oxygens (including phenoxy) is 2. The van der Waals surface area contributed by atoms with Gasteiger partial charge in [-0.2, -0.15) is 0 Å². The number of nitrogens with one attached hydrogen (secondary N) is 3. The quantitative estimate of drug-likeness (QED) is 0.383. The SMILES string of the molecule is Cc1cc(CC(OC(=O)N2CCC3(CC2)OC(=O)Nc2ccccc23)C(=O)N2CCN(C3CCCCC3)CC2)cc2[nH]c(=O)[nH]c12. The standard InChI is InChI=1S/C34H42N6O6/c1-22-19-23(20-27-29(22)37-31(42)35-27)21-28(30(41)39-17-15-38(16-18-39)24-7-3-2-4-8-24)45-33(44)40-13-11-34(12-14-40)25-9-5-6-10-26(25)36-32(43)46-34/h5-6,9-10,19-20,24,28H,2-4,7-8,11-18,21H2,1H3,(H,36,43)(H2,35,37,42). The van der Waals surface area contributed by atoms with Gasteiger partial charge in [0.1, 0.15) is 5.60 Å². The summed E-state index contributed by atoms with van der Waals surface area (Å²) in [5.41, 5.74) is 3.53. The topological polar surface area (TPSA) is 140 Å². The van der Waals surface area contributed by atoms with E-state index in [1.807, 2.05) is 48.2 Å². The number of likely N-dealkylation sites (tertiary alicyclic amines) is 1. The maximum atomic E-state index is 14.1. The van der Waals surface area contributed by atoms with Crippen LogP contribution in [0.3, 0.4) is 0 Å². The van der Waals surface area contributed by atoms with Crippen molar-refractivity contribution >= 4 is 34.8 Å². The van der Waals surface area contributed by atoms with Crippen LogP contribution in [0.2, 0.25) is 0 Å². The Morgan fingerprint density at radius 3 is 2.46 bits per heavy atom. The molecule has 12 heteroatoms. The highest BCUT2D eigenvalue weighted by Gasteiger charge is 2.45. The van der Waals surface area contributed by atoms with Crippen LogP contribution in [-0.2, 0) is 26.3 Å². The van der Waals surface area contributed by atoms with Crippen LogP contribution in [0, 0.1) is 6.92 Å². The summed E-state index contributed by atoms with van der Waals surface area (Å²) in [5.74, 6) is -0.202. The molecule has 7 rings (SSSR count). The lowest BCUT2D eigenvalue weighted by molar-refractivity contribution is -0.143. The Morgan fingerprint density at radius 2 is 1.70 bits per heavy atom. The lowest BCUT2D eigenvalue weighted by Gasteiger charge is -2.44. The maximum Gasteiger partial charge on any atom is 0.412 e. The number of rotatable bonds is 5. The van der Waals surface area contributed by atoms with Gasteiger partial charge in [0.2, 0.25) is 0 Å². The van der Waals surface area contributed by atoms with E-state index in [2.05, 4.69) is 20.2 Å². The van der Waals surface area contributed by atoms with Gasteiger partial charge in [0.25, 0.3) is 5.91 Å². The number of amides is 3. The molecule has 3 amide bonds. The first-order chi connectivity index (χ1) is 22.3. The second kappa shape index (κ2) is 12.5. The first-order valence-corrected chi connectivity index (χ1v) is 16.6. The normalized spacial score (nSPS) is 21.0. The fourth-order valence-electron chi connectivity index (χ4n) is 7.84. The van der Waals surface area contributed by atoms with Crippen LogP contribution < -0.4 is 11.0 Å². The number of benzene rings is 2. The number of imidazole rings is 1. The zero-order valence-corrected chi connectivity index (χ0v) is 26.3. The molecular weight excluding hydrogens is 588 g/mol. The molecule has 1 atom stereocenters. The molecule has 3 fully saturated rings. The number of para-hydroxylation sites is 1. The van der Waals surface area contributed by atoms with Crippen LogP contribution in [-0.4, -0.2) is 94.2 Å². The second-order valence-corrected chi connectivity index (χ2v) is 13.2. The highest BCUT2D eigenvalue weighted by molar-refractivity contribution is 5.89. The van der Waals surface area contributed by atoms with Crippen molar-refractivity contribution in [2.45, 2.75) is 76.0 Å². The molecule has 1 saturated carbocycles. The minimum Gasteiger partial charge on any atom is -0.438 e. The molecule has 0 bridgehead atoms. The fraction of sp³-hybridized carbons (Fsp3) is 0.529. The van der Waals surface area contributed by atoms with Gasteiger partial charge < -0.3 is 29.2 Å². The van der Waals surface area contributed by atoms with Crippen molar-refractivity contribution in [2.24, 2.45) is 0 Å². The Morgan fingerprint density at radius 1 is 0.957 bits per heavy atom. The van der Waals surface area contributed by atoms with Crippen LogP contribution in [0.25, 0.3) is 11.0 Å². The summed E-state index contributed by atoms with van der Waals surface area (Å²) in [7, 11) is 0. The van der Waals surface area contributed by atoms with Crippen LogP contribution in [0.5, 0.6) is 0 Å². The molecule has 3 aliphatic heterocycles. The Labute approximate surface area is 267 Å². The molecule has 3 N–H and O–H groups in total. The third kappa shape index (κ3) is 5.97. The number of aromatic amines is 2. The Kier molecular flexibility index (Phi) is 8.22. The van der Waals surface area contributed by atoms with Gasteiger partial charge in [0.05, 0.1) is 16.7 Å². The van der Waals surface area contributed by atoms with E-state index in [0.717, 1.165) is 41.0 Å². The van der Waals surface area contributed by atoms with Gasteiger partial charge in [0, 0.05) is 70.1 Å². The summed E-state index contributed by atoms with van der Waals surface area (Å²) in [6.07, 6.45) is 5.22. The minimum atomic E-state index is -1.02. The van der Waals surface area contributed by atoms with Crippen molar-refractivity contribution in [1.82, 2.24) is 24.7 Å². The number of aryl methyl sites for hydroxylation is 1. The van der Waals surface area contributed by atoms with Gasteiger partial charge >= 0.3 is 17.9 Å². The van der Waals surface area contributed by atoms with Crippen LogP contribution >= 0.6 is 0 Å². The molecule has 1 aliphatic carbocycles. The molecule has 0 radical (unpaired) electrons. The number of aromatic nitrogens is 2. The summed E-state index contributed by atoms with van der Waals surface area (Å²) in [6.45, 7) is 5.35. The van der Waals surface area contributed by atoms with Crippen LogP contribution in [0.1, 0.15) is 61.6 Å². The van der Waals surface area contributed by atoms with Gasteiger partial charge in [-0.1, -0.05) is 43.5 Å². The Bertz CT molecular complexity index is 1680. The summed E-state index contributed by atoms with van der Waals surface area (Å²) >= 11 is 0. The van der Waals surface area contributed by atoms with Crippen molar-refractivity contribution in [3.05, 3.63) is 63.6 Å². The molecule has 2 aromatic carbocycles. The number of carbonyl (C=O) groups is 3. The number of piperidine rings is 1. The molecule has 4 aliphatic rings. The smallest absolute Gasteiger partial charge is 0.412 e. The van der Waals surface area contributed by atoms with Gasteiger partial charge in [-0.15, -0.1) is 0 Å². The van der Waals surface area contributed by atoms with E-state index in [9.17, 15) is 19.2 Å². The predicted octanol–water partition coefficient (Wildman–Crippen LogP) is 4.24. The van der Waals surface area contributed by atoms with E-state index in [4.69, 9.17) is 9.47 Å². The number of piperazine rings is 1. The zero-order chi connectivity index (χ0) is 31.8. The van der Waals surface area contributed by atoms with Crippen molar-refractivity contribution in [3.63, 3.8) is 0 Å². The molecule has 4 heterocycles. The lowest BCUT2D eigenvalue weighted by atomic mass is 9.82. The third-order valence-corrected chi connectivity index (χ3v) is 10.3. The second-order valence-electron chi connectivity index (χ2n) is 13.2. The number of hydrogen-bond donors (Lipinski definition) is 3. The first kappa shape index (κ1) is 30.3. The van der Waals surface area contributed by atoms with Crippen molar-refractivity contribution in [3.8, 4) is 0 Å². The van der Waals surface area contributed by atoms with Gasteiger partial charge in [-0.25, -0.2) is 14.4 Å². The molecule has 3 aromatic rings. The van der Waals surface area contributed by atoms with Crippen LogP contribution in [0.4, 0.5) is 15.3 Å². The van der Waals surface area contributed by atoms with E-state index in [0.29, 0.717) is 50.6 Å². The highest BCUT2D eigenvalue weighted by atomic mass is 16.6. The van der Waals surface area contributed by atoms with Gasteiger partial charge in [-0.3, -0.25) is 15.0 Å². The number of carbonyl (C=O) groups excluding carboxylic acids is 3.